The third-order valence-electron chi connectivity index (χ3n) is 4.54. The van der Waals surface area contributed by atoms with E-state index in [2.05, 4.69) is 33.7 Å². The van der Waals surface area contributed by atoms with Gasteiger partial charge in [-0.1, -0.05) is 48.5 Å². The highest BCUT2D eigenvalue weighted by Crippen LogP contribution is 2.19. The van der Waals surface area contributed by atoms with Gasteiger partial charge in [-0.05, 0) is 36.6 Å². The molecule has 3 rings (SSSR count). The van der Waals surface area contributed by atoms with E-state index in [9.17, 15) is 4.79 Å². The summed E-state index contributed by atoms with van der Waals surface area (Å²) < 4.78 is 5.34. The molecule has 0 spiro atoms. The van der Waals surface area contributed by atoms with E-state index in [1.165, 1.54) is 5.56 Å². The van der Waals surface area contributed by atoms with E-state index < -0.39 is 0 Å². The number of benzene rings is 2. The summed E-state index contributed by atoms with van der Waals surface area (Å²) in [5, 5.41) is 5.94. The Bertz CT molecular complexity index is 685. The first-order valence-electron chi connectivity index (χ1n) is 9.28. The number of anilines is 1. The lowest BCUT2D eigenvalue weighted by molar-refractivity contribution is 0.0375. The summed E-state index contributed by atoms with van der Waals surface area (Å²) in [5.41, 5.74) is 3.21. The van der Waals surface area contributed by atoms with Gasteiger partial charge in [-0.2, -0.15) is 0 Å². The fraction of sp³-hybridized carbons (Fsp3) is 0.381. The van der Waals surface area contributed by atoms with Crippen LogP contribution in [0.5, 0.6) is 0 Å². The van der Waals surface area contributed by atoms with Crippen LogP contribution in [-0.4, -0.2) is 50.3 Å². The molecule has 2 amide bonds. The van der Waals surface area contributed by atoms with Crippen LogP contribution in [0.2, 0.25) is 0 Å². The zero-order valence-electron chi connectivity index (χ0n) is 15.1. The van der Waals surface area contributed by atoms with Gasteiger partial charge in [0.2, 0.25) is 0 Å². The number of morpholine rings is 1. The minimum atomic E-state index is -0.146. The summed E-state index contributed by atoms with van der Waals surface area (Å²) in [4.78, 5) is 14.6. The molecule has 1 fully saturated rings. The van der Waals surface area contributed by atoms with Gasteiger partial charge in [-0.25, -0.2) is 4.79 Å². The SMILES string of the molecule is O=C(NCCCN1CCOCC1)Nc1ccccc1Cc1ccccc1. The van der Waals surface area contributed by atoms with Gasteiger partial charge in [0.25, 0.3) is 0 Å². The van der Waals surface area contributed by atoms with Gasteiger partial charge in [0.05, 0.1) is 13.2 Å². The zero-order chi connectivity index (χ0) is 18.0. The quantitative estimate of drug-likeness (QED) is 0.752. The Balaban J connectivity index is 1.45. The molecule has 1 aliphatic rings. The van der Waals surface area contributed by atoms with Crippen molar-refractivity contribution in [2.45, 2.75) is 12.8 Å². The van der Waals surface area contributed by atoms with Crippen LogP contribution < -0.4 is 10.6 Å². The van der Waals surface area contributed by atoms with Crippen molar-refractivity contribution in [1.82, 2.24) is 10.2 Å². The van der Waals surface area contributed by atoms with Crippen LogP contribution in [0.3, 0.4) is 0 Å². The second-order valence-corrected chi connectivity index (χ2v) is 6.51. The van der Waals surface area contributed by atoms with Gasteiger partial charge in [0.1, 0.15) is 0 Å². The molecule has 26 heavy (non-hydrogen) atoms. The normalized spacial score (nSPS) is 14.8. The van der Waals surface area contributed by atoms with E-state index in [1.807, 2.05) is 36.4 Å². The predicted molar refractivity (Wildman–Crippen MR) is 105 cm³/mol. The second-order valence-electron chi connectivity index (χ2n) is 6.51. The van der Waals surface area contributed by atoms with Gasteiger partial charge >= 0.3 is 6.03 Å². The second kappa shape index (κ2) is 9.94. The molecule has 0 aromatic heterocycles. The number of para-hydroxylation sites is 1. The first-order valence-corrected chi connectivity index (χ1v) is 9.28. The molecule has 5 nitrogen and oxygen atoms in total. The molecule has 2 N–H and O–H groups in total. The molecule has 0 bridgehead atoms. The number of ether oxygens (including phenoxy) is 1. The maximum atomic E-state index is 12.2. The van der Waals surface area contributed by atoms with Crippen LogP contribution in [0.4, 0.5) is 10.5 Å². The molecule has 1 aliphatic heterocycles. The van der Waals surface area contributed by atoms with E-state index >= 15 is 0 Å². The minimum Gasteiger partial charge on any atom is -0.379 e. The third-order valence-corrected chi connectivity index (χ3v) is 4.54. The maximum absolute atomic E-state index is 12.2. The average Bonchev–Trinajstić information content (AvgIpc) is 2.68. The van der Waals surface area contributed by atoms with Gasteiger partial charge in [0.15, 0.2) is 0 Å². The molecule has 0 aliphatic carbocycles. The van der Waals surface area contributed by atoms with Gasteiger partial charge in [-0.3, -0.25) is 4.90 Å². The molecule has 0 saturated carbocycles. The number of urea groups is 1. The summed E-state index contributed by atoms with van der Waals surface area (Å²) in [7, 11) is 0. The summed E-state index contributed by atoms with van der Waals surface area (Å²) in [5.74, 6) is 0. The lowest BCUT2D eigenvalue weighted by Gasteiger charge is -2.26. The van der Waals surface area contributed by atoms with Gasteiger partial charge in [0, 0.05) is 25.3 Å². The Morgan fingerprint density at radius 1 is 1.00 bits per heavy atom. The molecule has 5 heteroatoms. The maximum Gasteiger partial charge on any atom is 0.319 e. The molecule has 138 valence electrons. The molecule has 2 aromatic carbocycles. The van der Waals surface area contributed by atoms with Crippen LogP contribution in [0.1, 0.15) is 17.5 Å². The summed E-state index contributed by atoms with van der Waals surface area (Å²) in [6, 6.07) is 18.1. The number of carbonyl (C=O) groups excluding carboxylic acids is 1. The predicted octanol–water partition coefficient (Wildman–Crippen LogP) is 3.12. The van der Waals surface area contributed by atoms with Crippen LogP contribution in [0.25, 0.3) is 0 Å². The first kappa shape index (κ1) is 18.4. The average molecular weight is 353 g/mol. The minimum absolute atomic E-state index is 0.146. The van der Waals surface area contributed by atoms with Crippen LogP contribution in [0.15, 0.2) is 54.6 Å². The standard InChI is InChI=1S/C21H27N3O2/c25-21(22-11-6-12-24-13-15-26-16-14-24)23-20-10-5-4-9-19(20)17-18-7-2-1-3-8-18/h1-5,7-10H,6,11-17H2,(H2,22,23,25). The number of rotatable bonds is 7. The molecular formula is C21H27N3O2. The number of amides is 2. The molecule has 1 saturated heterocycles. The highest BCUT2D eigenvalue weighted by Gasteiger charge is 2.10. The monoisotopic (exact) mass is 353 g/mol. The smallest absolute Gasteiger partial charge is 0.319 e. The van der Waals surface area contributed by atoms with Crippen molar-refractivity contribution in [1.29, 1.82) is 0 Å². The van der Waals surface area contributed by atoms with Gasteiger partial charge < -0.3 is 15.4 Å². The topological polar surface area (TPSA) is 53.6 Å². The highest BCUT2D eigenvalue weighted by molar-refractivity contribution is 5.90. The van der Waals surface area contributed by atoms with E-state index in [4.69, 9.17) is 4.74 Å². The molecule has 0 radical (unpaired) electrons. The van der Waals surface area contributed by atoms with Crippen molar-refractivity contribution in [3.63, 3.8) is 0 Å². The Hall–Kier alpha value is -2.37. The van der Waals surface area contributed by atoms with Crippen molar-refractivity contribution >= 4 is 11.7 Å². The molecule has 0 atom stereocenters. The summed E-state index contributed by atoms with van der Waals surface area (Å²) >= 11 is 0. The molecule has 1 heterocycles. The van der Waals surface area contributed by atoms with Crippen molar-refractivity contribution < 1.29 is 9.53 Å². The number of hydrogen-bond acceptors (Lipinski definition) is 3. The van der Waals surface area contributed by atoms with E-state index in [0.717, 1.165) is 56.9 Å². The van der Waals surface area contributed by atoms with Crippen LogP contribution in [0, 0.1) is 0 Å². The molecule has 2 aromatic rings. The van der Waals surface area contributed by atoms with E-state index in [0.29, 0.717) is 6.54 Å². The zero-order valence-corrected chi connectivity index (χ0v) is 15.1. The summed E-state index contributed by atoms with van der Waals surface area (Å²) in [6.45, 7) is 5.26. The van der Waals surface area contributed by atoms with Crippen molar-refractivity contribution in [2.24, 2.45) is 0 Å². The highest BCUT2D eigenvalue weighted by atomic mass is 16.5. The Morgan fingerprint density at radius 3 is 2.54 bits per heavy atom. The molecule has 0 unspecified atom stereocenters. The third kappa shape index (κ3) is 5.86. The Morgan fingerprint density at radius 2 is 1.73 bits per heavy atom. The van der Waals surface area contributed by atoms with Crippen LogP contribution >= 0.6 is 0 Å². The summed E-state index contributed by atoms with van der Waals surface area (Å²) in [6.07, 6.45) is 1.74. The number of nitrogens with one attached hydrogen (secondary N) is 2. The number of hydrogen-bond donors (Lipinski definition) is 2. The van der Waals surface area contributed by atoms with Crippen molar-refractivity contribution in [3.05, 3.63) is 65.7 Å². The Kier molecular flexibility index (Phi) is 7.05. The Labute approximate surface area is 155 Å². The van der Waals surface area contributed by atoms with Crippen LogP contribution in [-0.2, 0) is 11.2 Å². The van der Waals surface area contributed by atoms with Gasteiger partial charge in [-0.15, -0.1) is 0 Å². The fourth-order valence-corrected chi connectivity index (χ4v) is 3.11. The number of nitrogens with zero attached hydrogens (tertiary/aromatic N) is 1. The lowest BCUT2D eigenvalue weighted by Crippen LogP contribution is -2.38. The fourth-order valence-electron chi connectivity index (χ4n) is 3.11. The van der Waals surface area contributed by atoms with E-state index in [1.54, 1.807) is 0 Å². The lowest BCUT2D eigenvalue weighted by atomic mass is 10.0. The largest absolute Gasteiger partial charge is 0.379 e. The molecular weight excluding hydrogens is 326 g/mol. The van der Waals surface area contributed by atoms with E-state index in [-0.39, 0.29) is 6.03 Å². The number of carbonyl (C=O) groups is 1. The van der Waals surface area contributed by atoms with Crippen molar-refractivity contribution in [3.8, 4) is 0 Å². The van der Waals surface area contributed by atoms with Crippen molar-refractivity contribution in [2.75, 3.05) is 44.7 Å². The first-order chi connectivity index (χ1) is 12.8.